The van der Waals surface area contributed by atoms with Gasteiger partial charge in [-0.15, -0.1) is 11.3 Å². The van der Waals surface area contributed by atoms with E-state index in [0.717, 1.165) is 21.2 Å². The van der Waals surface area contributed by atoms with Crippen molar-refractivity contribution in [3.8, 4) is 5.75 Å². The topological polar surface area (TPSA) is 129 Å². The van der Waals surface area contributed by atoms with E-state index in [1.807, 2.05) is 70.1 Å². The summed E-state index contributed by atoms with van der Waals surface area (Å²) in [4.78, 5) is 18.7. The fourth-order valence-electron chi connectivity index (χ4n) is 7.00. The minimum Gasteiger partial charge on any atom is -0.495 e. The zero-order valence-electron chi connectivity index (χ0n) is 33.3. The maximum atomic E-state index is 14.8. The lowest BCUT2D eigenvalue weighted by molar-refractivity contribution is 0.0240. The van der Waals surface area contributed by atoms with Crippen LogP contribution >= 0.6 is 22.9 Å². The molecule has 1 saturated heterocycles. The summed E-state index contributed by atoms with van der Waals surface area (Å²) in [6.07, 6.45) is 0.349. The molecule has 1 aromatic heterocycles. The highest BCUT2D eigenvalue weighted by Gasteiger charge is 2.32. The van der Waals surface area contributed by atoms with Crippen LogP contribution < -0.4 is 23.6 Å². The SMILES string of the molecule is COc1ccc(N(CCCCNS(=O)(=O)c2cccc3c(N(C)C)cccc23)S(=O)(=O)c2sc3ccc(Cl)cc3c2C)cc1N1CCN(C(=O)OC(C)(C)C)CC1. The first-order valence-electron chi connectivity index (χ1n) is 18.7. The third-order valence-corrected chi connectivity index (χ3v) is 15.3. The van der Waals surface area contributed by atoms with Crippen LogP contribution in [0.1, 0.15) is 39.2 Å². The van der Waals surface area contributed by atoms with Crippen LogP contribution in [-0.2, 0) is 24.8 Å². The van der Waals surface area contributed by atoms with Crippen LogP contribution in [0, 0.1) is 6.92 Å². The van der Waals surface area contributed by atoms with Gasteiger partial charge in [-0.25, -0.2) is 26.4 Å². The average molecular weight is 857 g/mol. The molecule has 1 aliphatic heterocycles. The Morgan fingerprint density at radius 1 is 0.895 bits per heavy atom. The molecule has 2 heterocycles. The molecule has 0 saturated carbocycles. The maximum Gasteiger partial charge on any atom is 0.410 e. The van der Waals surface area contributed by atoms with E-state index in [0.29, 0.717) is 72.1 Å². The summed E-state index contributed by atoms with van der Waals surface area (Å²) >= 11 is 7.50. The van der Waals surface area contributed by atoms with E-state index in [-0.39, 0.29) is 28.3 Å². The van der Waals surface area contributed by atoms with Crippen molar-refractivity contribution in [3.05, 3.63) is 83.4 Å². The Balaban J connectivity index is 1.26. The number of ether oxygens (including phenoxy) is 2. The molecular weight excluding hydrogens is 806 g/mol. The van der Waals surface area contributed by atoms with E-state index >= 15 is 0 Å². The molecule has 1 fully saturated rings. The first-order valence-corrected chi connectivity index (χ1v) is 22.8. The van der Waals surface area contributed by atoms with Gasteiger partial charge in [-0.3, -0.25) is 4.31 Å². The molecule has 1 N–H and O–H groups in total. The number of thiophene rings is 1. The predicted molar refractivity (Wildman–Crippen MR) is 232 cm³/mol. The fraction of sp³-hybridized carbons (Fsp3) is 0.390. The minimum absolute atomic E-state index is 0.0805. The van der Waals surface area contributed by atoms with Crippen molar-refractivity contribution in [1.82, 2.24) is 9.62 Å². The van der Waals surface area contributed by atoms with Gasteiger partial charge in [0.05, 0.1) is 23.4 Å². The molecule has 0 bridgehead atoms. The number of nitrogens with one attached hydrogen (secondary N) is 1. The molecule has 0 aliphatic carbocycles. The van der Waals surface area contributed by atoms with Crippen molar-refractivity contribution in [2.75, 3.05) is 74.6 Å². The Labute approximate surface area is 345 Å². The molecule has 4 aromatic carbocycles. The van der Waals surface area contributed by atoms with Crippen LogP contribution in [0.2, 0.25) is 5.02 Å². The summed E-state index contributed by atoms with van der Waals surface area (Å²) in [6, 6.07) is 21.4. The Morgan fingerprint density at radius 2 is 1.60 bits per heavy atom. The predicted octanol–water partition coefficient (Wildman–Crippen LogP) is 8.10. The van der Waals surface area contributed by atoms with E-state index in [4.69, 9.17) is 21.1 Å². The van der Waals surface area contributed by atoms with Gasteiger partial charge in [0.1, 0.15) is 15.6 Å². The maximum absolute atomic E-state index is 14.8. The number of fused-ring (bicyclic) bond motifs is 2. The van der Waals surface area contributed by atoms with E-state index in [1.165, 1.54) is 15.6 Å². The molecule has 1 aliphatic rings. The molecule has 6 rings (SSSR count). The number of aryl methyl sites for hydroxylation is 1. The van der Waals surface area contributed by atoms with Crippen LogP contribution in [0.5, 0.6) is 5.75 Å². The summed E-state index contributed by atoms with van der Waals surface area (Å²) in [5.41, 5.74) is 2.03. The number of carbonyl (C=O) groups is 1. The molecule has 306 valence electrons. The number of anilines is 3. The number of rotatable bonds is 13. The first kappa shape index (κ1) is 42.3. The second-order valence-corrected chi connectivity index (χ2v) is 20.5. The van der Waals surface area contributed by atoms with Crippen molar-refractivity contribution in [2.24, 2.45) is 0 Å². The van der Waals surface area contributed by atoms with Crippen LogP contribution in [0.15, 0.2) is 81.9 Å². The average Bonchev–Trinajstić information content (AvgIpc) is 3.50. The number of nitrogens with zero attached hydrogens (tertiary/aromatic N) is 4. The number of sulfonamides is 2. The lowest BCUT2D eigenvalue weighted by Crippen LogP contribution is -2.50. The zero-order chi connectivity index (χ0) is 41.3. The molecule has 0 atom stereocenters. The van der Waals surface area contributed by atoms with Gasteiger partial charge in [0.25, 0.3) is 10.0 Å². The summed E-state index contributed by atoms with van der Waals surface area (Å²) in [5.74, 6) is 0.565. The number of methoxy groups -OCH3 is 1. The number of benzene rings is 4. The van der Waals surface area contributed by atoms with Crippen LogP contribution in [0.25, 0.3) is 20.9 Å². The van der Waals surface area contributed by atoms with E-state index in [9.17, 15) is 21.6 Å². The van der Waals surface area contributed by atoms with E-state index in [1.54, 1.807) is 61.4 Å². The van der Waals surface area contributed by atoms with Crippen LogP contribution in [0.3, 0.4) is 0 Å². The van der Waals surface area contributed by atoms with E-state index in [2.05, 4.69) is 9.62 Å². The van der Waals surface area contributed by atoms with Crippen molar-refractivity contribution in [1.29, 1.82) is 0 Å². The van der Waals surface area contributed by atoms with Gasteiger partial charge in [-0.05, 0) is 100 Å². The number of piperazine rings is 1. The van der Waals surface area contributed by atoms with Crippen molar-refractivity contribution < 1.29 is 31.1 Å². The number of amides is 1. The van der Waals surface area contributed by atoms with Gasteiger partial charge >= 0.3 is 6.09 Å². The highest BCUT2D eigenvalue weighted by molar-refractivity contribution is 7.95. The number of hydrogen-bond donors (Lipinski definition) is 1. The summed E-state index contributed by atoms with van der Waals surface area (Å²) in [7, 11) is -2.61. The molecular formula is C41H50ClN5O7S3. The second-order valence-electron chi connectivity index (χ2n) is 15.2. The Kier molecular flexibility index (Phi) is 12.6. The number of unbranched alkanes of at least 4 members (excludes halogenated alkanes) is 1. The minimum atomic E-state index is -4.12. The normalized spacial score (nSPS) is 14.0. The van der Waals surface area contributed by atoms with Gasteiger partial charge in [-0.2, -0.15) is 0 Å². The van der Waals surface area contributed by atoms with Crippen molar-refractivity contribution in [3.63, 3.8) is 0 Å². The molecule has 5 aromatic rings. The van der Waals surface area contributed by atoms with E-state index < -0.39 is 25.6 Å². The molecule has 0 spiro atoms. The quantitative estimate of drug-likeness (QED) is 0.117. The summed E-state index contributed by atoms with van der Waals surface area (Å²) in [5, 5.41) is 2.73. The largest absolute Gasteiger partial charge is 0.495 e. The second kappa shape index (κ2) is 16.9. The summed E-state index contributed by atoms with van der Waals surface area (Å²) in [6.45, 7) is 9.26. The first-order chi connectivity index (χ1) is 26.9. The van der Waals surface area contributed by atoms with Gasteiger partial charge < -0.3 is 24.2 Å². The van der Waals surface area contributed by atoms with Crippen LogP contribution in [0.4, 0.5) is 21.9 Å². The lowest BCUT2D eigenvalue weighted by atomic mass is 10.1. The highest BCUT2D eigenvalue weighted by Crippen LogP contribution is 2.40. The van der Waals surface area contributed by atoms with Gasteiger partial charge in [0.15, 0.2) is 0 Å². The van der Waals surface area contributed by atoms with Crippen molar-refractivity contribution >= 4 is 87.0 Å². The highest BCUT2D eigenvalue weighted by atomic mass is 35.5. The standard InChI is InChI=1S/C41H50ClN5O7S3/c1-28-33-26-29(42)16-19-37(33)55-39(28)57(51,52)47(21-9-8-20-43-56(49,50)38-15-11-12-31-32(38)13-10-14-34(31)44(5)6)30-17-18-36(53-7)35(27-30)45-22-24-46(25-23-45)40(48)54-41(2,3)4/h10-19,26-27,43H,8-9,20-25H2,1-7H3. The van der Waals surface area contributed by atoms with Gasteiger partial charge in [0.2, 0.25) is 10.0 Å². The third-order valence-electron chi connectivity index (χ3n) is 9.81. The molecule has 0 radical (unpaired) electrons. The monoisotopic (exact) mass is 855 g/mol. The molecule has 12 nitrogen and oxygen atoms in total. The van der Waals surface area contributed by atoms with Gasteiger partial charge in [0, 0.05) is 79.5 Å². The Bertz CT molecular complexity index is 2490. The molecule has 0 unspecified atom stereocenters. The Morgan fingerprint density at radius 3 is 2.28 bits per heavy atom. The van der Waals surface area contributed by atoms with Gasteiger partial charge in [-0.1, -0.05) is 35.9 Å². The zero-order valence-corrected chi connectivity index (χ0v) is 36.5. The number of halogens is 1. The number of hydrogen-bond acceptors (Lipinski definition) is 10. The smallest absolute Gasteiger partial charge is 0.410 e. The van der Waals surface area contributed by atoms with Crippen molar-refractivity contribution in [2.45, 2.75) is 55.2 Å². The lowest BCUT2D eigenvalue weighted by Gasteiger charge is -2.37. The third kappa shape index (κ3) is 9.23. The number of carbonyl (C=O) groups excluding carboxylic acids is 1. The summed E-state index contributed by atoms with van der Waals surface area (Å²) < 4.78 is 73.3. The molecule has 16 heteroatoms. The fourth-order valence-corrected chi connectivity index (χ4v) is 11.8. The Hall–Kier alpha value is -4.28. The molecule has 57 heavy (non-hydrogen) atoms. The van der Waals surface area contributed by atoms with Crippen LogP contribution in [-0.4, -0.2) is 93.9 Å². The molecule has 1 amide bonds.